The molecule has 3 nitrogen and oxygen atoms in total. The van der Waals surface area contributed by atoms with Gasteiger partial charge < -0.3 is 10.5 Å². The molecule has 2 unspecified atom stereocenters. The van der Waals surface area contributed by atoms with Crippen LogP contribution in [0.1, 0.15) is 33.1 Å². The van der Waals surface area contributed by atoms with Crippen LogP contribution in [0.15, 0.2) is 0 Å². The highest BCUT2D eigenvalue weighted by Crippen LogP contribution is 2.45. The van der Waals surface area contributed by atoms with Gasteiger partial charge in [0.05, 0.1) is 6.61 Å². The van der Waals surface area contributed by atoms with E-state index in [0.717, 1.165) is 26.3 Å². The number of hydrogen-bond acceptors (Lipinski definition) is 4. The number of hydrogen-bond donors (Lipinski definition) is 1. The fourth-order valence-electron chi connectivity index (χ4n) is 3.63. The third kappa shape index (κ3) is 3.12. The third-order valence-electron chi connectivity index (χ3n) is 5.33. The summed E-state index contributed by atoms with van der Waals surface area (Å²) in [5, 5.41) is 0. The van der Waals surface area contributed by atoms with Gasteiger partial charge in [0, 0.05) is 31.0 Å². The van der Waals surface area contributed by atoms with Crippen molar-refractivity contribution in [1.29, 1.82) is 0 Å². The maximum absolute atomic E-state index is 6.23. The Morgan fingerprint density at radius 3 is 2.79 bits per heavy atom. The fraction of sp³-hybridized carbons (Fsp3) is 1.00. The Labute approximate surface area is 122 Å². The Bertz CT molecular complexity index is 292. The Hall–Kier alpha value is 0.230. The van der Waals surface area contributed by atoms with Crippen LogP contribution in [0.3, 0.4) is 0 Å². The number of nitrogens with zero attached hydrogens (tertiary/aromatic N) is 1. The molecule has 2 atom stereocenters. The molecule has 0 spiro atoms. The van der Waals surface area contributed by atoms with Crippen LogP contribution in [0.2, 0.25) is 0 Å². The SMILES string of the molecule is CN(CC1CCCOC1)C1(CN)CSCCC1(C)C. The fourth-order valence-corrected chi connectivity index (χ4v) is 5.49. The first-order chi connectivity index (χ1) is 9.02. The number of likely N-dealkylation sites (N-methyl/N-ethyl adjacent to an activating group) is 1. The highest BCUT2D eigenvalue weighted by Gasteiger charge is 2.49. The molecule has 0 radical (unpaired) electrons. The smallest absolute Gasteiger partial charge is 0.0506 e. The van der Waals surface area contributed by atoms with Crippen LogP contribution in [0, 0.1) is 11.3 Å². The van der Waals surface area contributed by atoms with Crippen molar-refractivity contribution in [2.45, 2.75) is 38.6 Å². The van der Waals surface area contributed by atoms with E-state index in [9.17, 15) is 0 Å². The molecule has 4 heteroatoms. The molecule has 2 saturated heterocycles. The van der Waals surface area contributed by atoms with Crippen LogP contribution in [-0.4, -0.2) is 55.3 Å². The number of ether oxygens (including phenoxy) is 1. The van der Waals surface area contributed by atoms with Gasteiger partial charge in [0.25, 0.3) is 0 Å². The van der Waals surface area contributed by atoms with Gasteiger partial charge in [-0.15, -0.1) is 0 Å². The van der Waals surface area contributed by atoms with Gasteiger partial charge in [-0.1, -0.05) is 13.8 Å². The monoisotopic (exact) mass is 286 g/mol. The molecule has 2 N–H and O–H groups in total. The van der Waals surface area contributed by atoms with Crippen LogP contribution in [0.25, 0.3) is 0 Å². The molecule has 0 bridgehead atoms. The van der Waals surface area contributed by atoms with Crippen molar-refractivity contribution in [3.63, 3.8) is 0 Å². The minimum atomic E-state index is 0.146. The first-order valence-corrected chi connectivity index (χ1v) is 8.74. The minimum Gasteiger partial charge on any atom is -0.381 e. The van der Waals surface area contributed by atoms with E-state index in [4.69, 9.17) is 10.5 Å². The summed E-state index contributed by atoms with van der Waals surface area (Å²) in [6.07, 6.45) is 3.78. The predicted molar refractivity (Wildman–Crippen MR) is 83.7 cm³/mol. The van der Waals surface area contributed by atoms with E-state index in [1.165, 1.54) is 30.8 Å². The molecule has 0 aromatic carbocycles. The van der Waals surface area contributed by atoms with Gasteiger partial charge in [0.1, 0.15) is 0 Å². The second kappa shape index (κ2) is 6.33. The van der Waals surface area contributed by atoms with Crippen LogP contribution in [0.5, 0.6) is 0 Å². The number of thioether (sulfide) groups is 1. The Morgan fingerprint density at radius 2 is 2.21 bits per heavy atom. The zero-order valence-electron chi connectivity index (χ0n) is 12.8. The van der Waals surface area contributed by atoms with Crippen molar-refractivity contribution in [1.82, 2.24) is 4.90 Å². The van der Waals surface area contributed by atoms with E-state index < -0.39 is 0 Å². The summed E-state index contributed by atoms with van der Waals surface area (Å²) in [6.45, 7) is 8.56. The molecule has 0 amide bonds. The molecule has 0 aromatic rings. The molecule has 2 fully saturated rings. The highest BCUT2D eigenvalue weighted by atomic mass is 32.2. The van der Waals surface area contributed by atoms with Crippen LogP contribution < -0.4 is 5.73 Å². The van der Waals surface area contributed by atoms with Gasteiger partial charge >= 0.3 is 0 Å². The average molecular weight is 286 g/mol. The molecule has 2 rings (SSSR count). The van der Waals surface area contributed by atoms with E-state index >= 15 is 0 Å². The van der Waals surface area contributed by atoms with Crippen LogP contribution in [0.4, 0.5) is 0 Å². The van der Waals surface area contributed by atoms with Crippen molar-refractivity contribution in [3.8, 4) is 0 Å². The second-order valence-corrected chi connectivity index (χ2v) is 7.99. The normalized spacial score (nSPS) is 35.5. The largest absolute Gasteiger partial charge is 0.381 e. The summed E-state index contributed by atoms with van der Waals surface area (Å²) in [7, 11) is 2.27. The Morgan fingerprint density at radius 1 is 1.42 bits per heavy atom. The highest BCUT2D eigenvalue weighted by molar-refractivity contribution is 7.99. The van der Waals surface area contributed by atoms with E-state index in [1.807, 2.05) is 0 Å². The average Bonchev–Trinajstić information content (AvgIpc) is 2.39. The molecule has 0 aliphatic carbocycles. The molecule has 112 valence electrons. The number of nitrogens with two attached hydrogens (primary N) is 1. The lowest BCUT2D eigenvalue weighted by molar-refractivity contribution is -0.0168. The molecule has 0 aromatic heterocycles. The van der Waals surface area contributed by atoms with Crippen molar-refractivity contribution in [2.24, 2.45) is 17.1 Å². The lowest BCUT2D eigenvalue weighted by Gasteiger charge is -2.55. The standard InChI is InChI=1S/C15H30N2OS/c1-14(2)6-8-19-12-15(14,11-16)17(3)9-13-5-4-7-18-10-13/h13H,4-12,16H2,1-3H3. The zero-order valence-corrected chi connectivity index (χ0v) is 13.6. The zero-order chi connectivity index (χ0) is 13.9. The van der Waals surface area contributed by atoms with Gasteiger partial charge in [-0.25, -0.2) is 0 Å². The maximum Gasteiger partial charge on any atom is 0.0506 e. The molecule has 0 saturated carbocycles. The molecule has 19 heavy (non-hydrogen) atoms. The Kier molecular flexibility index (Phi) is 5.21. The van der Waals surface area contributed by atoms with Gasteiger partial charge in [-0.3, -0.25) is 4.90 Å². The Balaban J connectivity index is 2.06. The molecular formula is C15H30N2OS. The van der Waals surface area contributed by atoms with Gasteiger partial charge in [-0.2, -0.15) is 11.8 Å². The van der Waals surface area contributed by atoms with Gasteiger partial charge in [0.15, 0.2) is 0 Å². The lowest BCUT2D eigenvalue weighted by atomic mass is 9.69. The van der Waals surface area contributed by atoms with E-state index in [-0.39, 0.29) is 5.54 Å². The summed E-state index contributed by atoms with van der Waals surface area (Å²) >= 11 is 2.07. The predicted octanol–water partition coefficient (Wildman–Crippen LogP) is 2.21. The molecule has 2 heterocycles. The van der Waals surface area contributed by atoms with Gasteiger partial charge in [0.2, 0.25) is 0 Å². The maximum atomic E-state index is 6.23. The lowest BCUT2D eigenvalue weighted by Crippen LogP contribution is -2.65. The second-order valence-electron chi connectivity index (χ2n) is 6.89. The topological polar surface area (TPSA) is 38.5 Å². The van der Waals surface area contributed by atoms with Crippen LogP contribution in [-0.2, 0) is 4.74 Å². The van der Waals surface area contributed by atoms with Crippen molar-refractivity contribution >= 4 is 11.8 Å². The molecule has 2 aliphatic rings. The summed E-state index contributed by atoms with van der Waals surface area (Å²) in [5.74, 6) is 3.13. The summed E-state index contributed by atoms with van der Waals surface area (Å²) in [5.41, 5.74) is 6.68. The van der Waals surface area contributed by atoms with Crippen molar-refractivity contribution < 1.29 is 4.74 Å². The van der Waals surface area contributed by atoms with Crippen molar-refractivity contribution in [2.75, 3.05) is 44.9 Å². The van der Waals surface area contributed by atoms with E-state index in [2.05, 4.69) is 37.6 Å². The summed E-state index contributed by atoms with van der Waals surface area (Å²) in [6, 6.07) is 0. The van der Waals surface area contributed by atoms with Crippen LogP contribution >= 0.6 is 11.8 Å². The summed E-state index contributed by atoms with van der Waals surface area (Å²) < 4.78 is 5.63. The van der Waals surface area contributed by atoms with Crippen molar-refractivity contribution in [3.05, 3.63) is 0 Å². The first-order valence-electron chi connectivity index (χ1n) is 7.59. The number of rotatable bonds is 4. The van der Waals surface area contributed by atoms with E-state index in [1.54, 1.807) is 0 Å². The first kappa shape index (κ1) is 15.6. The molecule has 2 aliphatic heterocycles. The quantitative estimate of drug-likeness (QED) is 0.860. The minimum absolute atomic E-state index is 0.146. The van der Waals surface area contributed by atoms with Gasteiger partial charge in [-0.05, 0) is 43.4 Å². The third-order valence-corrected chi connectivity index (χ3v) is 6.50. The molecular weight excluding hydrogens is 256 g/mol. The van der Waals surface area contributed by atoms with E-state index in [0.29, 0.717) is 11.3 Å². The summed E-state index contributed by atoms with van der Waals surface area (Å²) in [4.78, 5) is 2.55.